The van der Waals surface area contributed by atoms with E-state index in [9.17, 15) is 0 Å². The van der Waals surface area contributed by atoms with Crippen molar-refractivity contribution in [3.8, 4) is 5.75 Å². The molecule has 68 valence electrons. The molecule has 2 nitrogen and oxygen atoms in total. The quantitative estimate of drug-likeness (QED) is 0.698. The number of hydrogen-bond donors (Lipinski definition) is 1. The average molecular weight is 175 g/mol. The lowest BCUT2D eigenvalue weighted by molar-refractivity contribution is 0.414. The summed E-state index contributed by atoms with van der Waals surface area (Å²) >= 11 is 0. The second-order valence-electron chi connectivity index (χ2n) is 3.36. The minimum absolute atomic E-state index is 0.750. The molecule has 0 fully saturated rings. The van der Waals surface area contributed by atoms with Gasteiger partial charge in [0.25, 0.3) is 0 Å². The third kappa shape index (κ3) is 1.44. The van der Waals surface area contributed by atoms with Crippen molar-refractivity contribution >= 4 is 5.71 Å². The van der Waals surface area contributed by atoms with Gasteiger partial charge in [-0.05, 0) is 37.0 Å². The van der Waals surface area contributed by atoms with Crippen molar-refractivity contribution in [2.24, 2.45) is 0 Å². The SMILES string of the molecule is COc1ccc2c(c1)C(=N)CCC2. The van der Waals surface area contributed by atoms with Gasteiger partial charge < -0.3 is 10.1 Å². The van der Waals surface area contributed by atoms with E-state index in [1.165, 1.54) is 5.56 Å². The van der Waals surface area contributed by atoms with Crippen LogP contribution >= 0.6 is 0 Å². The highest BCUT2D eigenvalue weighted by Crippen LogP contribution is 2.24. The minimum Gasteiger partial charge on any atom is -0.497 e. The van der Waals surface area contributed by atoms with Crippen LogP contribution in [0.5, 0.6) is 5.75 Å². The largest absolute Gasteiger partial charge is 0.497 e. The standard InChI is InChI=1S/C11H13NO/c1-13-9-6-5-8-3-2-4-11(12)10(8)7-9/h5-7,12H,2-4H2,1H3. The van der Waals surface area contributed by atoms with Gasteiger partial charge in [0.05, 0.1) is 7.11 Å². The Morgan fingerprint density at radius 2 is 2.15 bits per heavy atom. The molecular weight excluding hydrogens is 162 g/mol. The second kappa shape index (κ2) is 3.21. The van der Waals surface area contributed by atoms with Crippen molar-refractivity contribution in [3.05, 3.63) is 29.3 Å². The fourth-order valence-corrected chi connectivity index (χ4v) is 1.77. The highest BCUT2D eigenvalue weighted by atomic mass is 16.5. The van der Waals surface area contributed by atoms with Gasteiger partial charge in [0, 0.05) is 11.3 Å². The molecule has 1 aromatic rings. The summed E-state index contributed by atoms with van der Waals surface area (Å²) in [7, 11) is 1.66. The Morgan fingerprint density at radius 1 is 1.31 bits per heavy atom. The molecule has 2 rings (SSSR count). The first-order chi connectivity index (χ1) is 6.31. The molecule has 0 unspecified atom stereocenters. The molecule has 2 heteroatoms. The highest BCUT2D eigenvalue weighted by molar-refractivity contribution is 6.00. The average Bonchev–Trinajstić information content (AvgIpc) is 2.18. The number of ether oxygens (including phenoxy) is 1. The molecule has 1 aromatic carbocycles. The van der Waals surface area contributed by atoms with E-state index in [-0.39, 0.29) is 0 Å². The van der Waals surface area contributed by atoms with Crippen LogP contribution in [0, 0.1) is 5.41 Å². The van der Waals surface area contributed by atoms with Crippen LogP contribution in [0.3, 0.4) is 0 Å². The topological polar surface area (TPSA) is 33.1 Å². The molecule has 0 amide bonds. The minimum atomic E-state index is 0.750. The maximum absolute atomic E-state index is 7.79. The summed E-state index contributed by atoms with van der Waals surface area (Å²) in [6.45, 7) is 0. The van der Waals surface area contributed by atoms with E-state index < -0.39 is 0 Å². The summed E-state index contributed by atoms with van der Waals surface area (Å²) in [6, 6.07) is 6.01. The number of aryl methyl sites for hydroxylation is 1. The van der Waals surface area contributed by atoms with Crippen molar-refractivity contribution < 1.29 is 4.74 Å². The van der Waals surface area contributed by atoms with Crippen LogP contribution < -0.4 is 4.74 Å². The van der Waals surface area contributed by atoms with Gasteiger partial charge in [-0.15, -0.1) is 0 Å². The summed E-state index contributed by atoms with van der Waals surface area (Å²) in [5, 5.41) is 7.79. The predicted molar refractivity (Wildman–Crippen MR) is 52.8 cm³/mol. The van der Waals surface area contributed by atoms with Crippen molar-refractivity contribution in [3.63, 3.8) is 0 Å². The molecule has 13 heavy (non-hydrogen) atoms. The van der Waals surface area contributed by atoms with Crippen LogP contribution in [0.2, 0.25) is 0 Å². The Morgan fingerprint density at radius 3 is 2.92 bits per heavy atom. The summed E-state index contributed by atoms with van der Waals surface area (Å²) in [5.41, 5.74) is 3.11. The lowest BCUT2D eigenvalue weighted by atomic mass is 9.90. The maximum atomic E-state index is 7.79. The molecule has 0 bridgehead atoms. The van der Waals surface area contributed by atoms with E-state index in [2.05, 4.69) is 6.07 Å². The molecule has 0 heterocycles. The van der Waals surface area contributed by atoms with E-state index >= 15 is 0 Å². The maximum Gasteiger partial charge on any atom is 0.119 e. The fraction of sp³-hybridized carbons (Fsp3) is 0.364. The van der Waals surface area contributed by atoms with Gasteiger partial charge in [-0.2, -0.15) is 0 Å². The lowest BCUT2D eigenvalue weighted by Gasteiger charge is -2.17. The second-order valence-corrected chi connectivity index (χ2v) is 3.36. The van der Waals surface area contributed by atoms with Gasteiger partial charge in [0.15, 0.2) is 0 Å². The third-order valence-corrected chi connectivity index (χ3v) is 2.52. The third-order valence-electron chi connectivity index (χ3n) is 2.52. The van der Waals surface area contributed by atoms with Gasteiger partial charge in [0.2, 0.25) is 0 Å². The lowest BCUT2D eigenvalue weighted by Crippen LogP contribution is -2.10. The molecular formula is C11H13NO. The molecule has 0 saturated heterocycles. The van der Waals surface area contributed by atoms with Crippen LogP contribution in [0.4, 0.5) is 0 Å². The molecule has 0 aromatic heterocycles. The molecule has 1 N–H and O–H groups in total. The van der Waals surface area contributed by atoms with Crippen LogP contribution in [0.1, 0.15) is 24.0 Å². The fourth-order valence-electron chi connectivity index (χ4n) is 1.77. The van der Waals surface area contributed by atoms with E-state index in [1.807, 2.05) is 12.1 Å². The van der Waals surface area contributed by atoms with E-state index in [0.717, 1.165) is 36.3 Å². The Balaban J connectivity index is 2.47. The Labute approximate surface area is 78.0 Å². The number of nitrogens with one attached hydrogen (secondary N) is 1. The van der Waals surface area contributed by atoms with Gasteiger partial charge in [0.1, 0.15) is 5.75 Å². The van der Waals surface area contributed by atoms with Crippen molar-refractivity contribution in [1.29, 1.82) is 5.41 Å². The first kappa shape index (κ1) is 8.30. The molecule has 0 radical (unpaired) electrons. The normalized spacial score (nSPS) is 15.3. The van der Waals surface area contributed by atoms with Crippen molar-refractivity contribution in [2.45, 2.75) is 19.3 Å². The summed E-state index contributed by atoms with van der Waals surface area (Å²) < 4.78 is 5.13. The molecule has 0 aliphatic heterocycles. The summed E-state index contributed by atoms with van der Waals surface area (Å²) in [4.78, 5) is 0. The monoisotopic (exact) mass is 175 g/mol. The number of benzene rings is 1. The molecule has 0 saturated carbocycles. The van der Waals surface area contributed by atoms with Gasteiger partial charge >= 0.3 is 0 Å². The number of rotatable bonds is 1. The van der Waals surface area contributed by atoms with Crippen LogP contribution in [0.15, 0.2) is 18.2 Å². The van der Waals surface area contributed by atoms with E-state index in [0.29, 0.717) is 0 Å². The smallest absolute Gasteiger partial charge is 0.119 e. The first-order valence-corrected chi connectivity index (χ1v) is 4.56. The van der Waals surface area contributed by atoms with E-state index in [1.54, 1.807) is 7.11 Å². The Bertz CT molecular complexity index is 344. The summed E-state index contributed by atoms with van der Waals surface area (Å²) in [6.07, 6.45) is 3.11. The van der Waals surface area contributed by atoms with Gasteiger partial charge in [-0.1, -0.05) is 6.07 Å². The zero-order chi connectivity index (χ0) is 9.26. The van der Waals surface area contributed by atoms with Crippen molar-refractivity contribution in [1.82, 2.24) is 0 Å². The van der Waals surface area contributed by atoms with Gasteiger partial charge in [-0.25, -0.2) is 0 Å². The number of methoxy groups -OCH3 is 1. The number of fused-ring (bicyclic) bond motifs is 1. The van der Waals surface area contributed by atoms with Crippen molar-refractivity contribution in [2.75, 3.05) is 7.11 Å². The predicted octanol–water partition coefficient (Wildman–Crippen LogP) is 2.40. The van der Waals surface area contributed by atoms with Gasteiger partial charge in [-0.3, -0.25) is 0 Å². The van der Waals surface area contributed by atoms with Crippen LogP contribution in [0.25, 0.3) is 0 Å². The Hall–Kier alpha value is -1.31. The number of hydrogen-bond acceptors (Lipinski definition) is 2. The Kier molecular flexibility index (Phi) is 2.05. The zero-order valence-corrected chi connectivity index (χ0v) is 7.76. The van der Waals surface area contributed by atoms with Crippen LogP contribution in [-0.4, -0.2) is 12.8 Å². The molecule has 1 aliphatic carbocycles. The summed E-state index contributed by atoms with van der Waals surface area (Å²) in [5.74, 6) is 0.852. The van der Waals surface area contributed by atoms with Crippen LogP contribution in [-0.2, 0) is 6.42 Å². The molecule has 0 atom stereocenters. The van der Waals surface area contributed by atoms with E-state index in [4.69, 9.17) is 10.1 Å². The highest BCUT2D eigenvalue weighted by Gasteiger charge is 2.14. The zero-order valence-electron chi connectivity index (χ0n) is 7.76. The molecule has 0 spiro atoms. The first-order valence-electron chi connectivity index (χ1n) is 4.56. The molecule has 1 aliphatic rings.